The highest BCUT2D eigenvalue weighted by Gasteiger charge is 2.37. The third-order valence-electron chi connectivity index (χ3n) is 3.66. The first-order valence-electron chi connectivity index (χ1n) is 6.35. The molecule has 17 heavy (non-hydrogen) atoms. The standard InChI is InChI=1S/C14H19N3/c1-8(2)14-16-11-7-10(15)4-5-12(11)17(14)13-6-9(13)3/h4-5,7-9,13H,6,15H2,1-3H3. The Hall–Kier alpha value is -1.51. The van der Waals surface area contributed by atoms with E-state index in [-0.39, 0.29) is 0 Å². The van der Waals surface area contributed by atoms with E-state index in [0.717, 1.165) is 17.1 Å². The Balaban J connectivity index is 2.24. The van der Waals surface area contributed by atoms with Crippen LogP contribution >= 0.6 is 0 Å². The fourth-order valence-corrected chi connectivity index (χ4v) is 2.55. The van der Waals surface area contributed by atoms with Crippen molar-refractivity contribution in [3.63, 3.8) is 0 Å². The van der Waals surface area contributed by atoms with Crippen LogP contribution in [0.15, 0.2) is 18.2 Å². The van der Waals surface area contributed by atoms with Gasteiger partial charge in [-0.05, 0) is 30.5 Å². The topological polar surface area (TPSA) is 43.8 Å². The summed E-state index contributed by atoms with van der Waals surface area (Å²) < 4.78 is 2.42. The zero-order chi connectivity index (χ0) is 12.2. The van der Waals surface area contributed by atoms with Gasteiger partial charge in [-0.15, -0.1) is 0 Å². The fourth-order valence-electron chi connectivity index (χ4n) is 2.55. The molecule has 0 spiro atoms. The van der Waals surface area contributed by atoms with Gasteiger partial charge in [-0.2, -0.15) is 0 Å². The molecule has 0 bridgehead atoms. The summed E-state index contributed by atoms with van der Waals surface area (Å²) >= 11 is 0. The van der Waals surface area contributed by atoms with Gasteiger partial charge in [-0.3, -0.25) is 0 Å². The zero-order valence-corrected chi connectivity index (χ0v) is 10.6. The molecule has 90 valence electrons. The molecular formula is C14H19N3. The highest BCUT2D eigenvalue weighted by atomic mass is 15.1. The van der Waals surface area contributed by atoms with E-state index in [1.807, 2.05) is 12.1 Å². The minimum absolute atomic E-state index is 0.455. The van der Waals surface area contributed by atoms with Crippen molar-refractivity contribution in [3.05, 3.63) is 24.0 Å². The first kappa shape index (κ1) is 10.6. The van der Waals surface area contributed by atoms with E-state index in [9.17, 15) is 0 Å². The van der Waals surface area contributed by atoms with Gasteiger partial charge in [0.25, 0.3) is 0 Å². The van der Waals surface area contributed by atoms with Crippen molar-refractivity contribution >= 4 is 16.7 Å². The molecule has 2 N–H and O–H groups in total. The van der Waals surface area contributed by atoms with Crippen LogP contribution in [0.1, 0.15) is 45.0 Å². The number of nitrogens with zero attached hydrogens (tertiary/aromatic N) is 2. The van der Waals surface area contributed by atoms with Gasteiger partial charge in [0, 0.05) is 17.6 Å². The summed E-state index contributed by atoms with van der Waals surface area (Å²) in [7, 11) is 0. The average molecular weight is 229 g/mol. The van der Waals surface area contributed by atoms with Crippen LogP contribution in [0.3, 0.4) is 0 Å². The van der Waals surface area contributed by atoms with Crippen molar-refractivity contribution in [2.75, 3.05) is 5.73 Å². The summed E-state index contributed by atoms with van der Waals surface area (Å²) in [5.74, 6) is 2.43. The van der Waals surface area contributed by atoms with E-state index in [0.29, 0.717) is 12.0 Å². The lowest BCUT2D eigenvalue weighted by molar-refractivity contribution is 0.626. The zero-order valence-electron chi connectivity index (χ0n) is 10.6. The fraction of sp³-hybridized carbons (Fsp3) is 0.500. The van der Waals surface area contributed by atoms with Crippen LogP contribution in [-0.4, -0.2) is 9.55 Å². The van der Waals surface area contributed by atoms with E-state index in [1.165, 1.54) is 17.8 Å². The number of imidazole rings is 1. The molecule has 1 aliphatic rings. The SMILES string of the molecule is CC(C)c1nc2cc(N)ccc2n1C1CC1C. The van der Waals surface area contributed by atoms with Gasteiger partial charge in [0.05, 0.1) is 11.0 Å². The second-order valence-electron chi connectivity index (χ2n) is 5.52. The van der Waals surface area contributed by atoms with Crippen molar-refractivity contribution in [3.8, 4) is 0 Å². The molecule has 2 unspecified atom stereocenters. The molecule has 2 aromatic rings. The smallest absolute Gasteiger partial charge is 0.112 e. The van der Waals surface area contributed by atoms with Crippen LogP contribution in [0, 0.1) is 5.92 Å². The Kier molecular flexibility index (Phi) is 2.18. The van der Waals surface area contributed by atoms with Crippen LogP contribution in [-0.2, 0) is 0 Å². The van der Waals surface area contributed by atoms with E-state index in [2.05, 4.69) is 31.4 Å². The van der Waals surface area contributed by atoms with Gasteiger partial charge in [0.15, 0.2) is 0 Å². The van der Waals surface area contributed by atoms with Crippen molar-refractivity contribution in [1.29, 1.82) is 0 Å². The maximum Gasteiger partial charge on any atom is 0.112 e. The third-order valence-corrected chi connectivity index (χ3v) is 3.66. The summed E-state index contributed by atoms with van der Waals surface area (Å²) in [6.45, 7) is 6.71. The van der Waals surface area contributed by atoms with Gasteiger partial charge in [-0.1, -0.05) is 20.8 Å². The molecule has 0 radical (unpaired) electrons. The normalized spacial score (nSPS) is 23.5. The van der Waals surface area contributed by atoms with Gasteiger partial charge in [-0.25, -0.2) is 4.98 Å². The Morgan fingerprint density at radius 2 is 2.12 bits per heavy atom. The summed E-state index contributed by atoms with van der Waals surface area (Å²) in [6, 6.07) is 6.69. The third kappa shape index (κ3) is 1.61. The first-order chi connectivity index (χ1) is 8.08. The van der Waals surface area contributed by atoms with Gasteiger partial charge >= 0.3 is 0 Å². The number of aromatic nitrogens is 2. The lowest BCUT2D eigenvalue weighted by Crippen LogP contribution is -2.04. The van der Waals surface area contributed by atoms with E-state index in [1.54, 1.807) is 0 Å². The molecule has 3 nitrogen and oxygen atoms in total. The van der Waals surface area contributed by atoms with Crippen molar-refractivity contribution in [1.82, 2.24) is 9.55 Å². The lowest BCUT2D eigenvalue weighted by atomic mass is 10.2. The molecule has 3 heteroatoms. The van der Waals surface area contributed by atoms with Crippen LogP contribution in [0.2, 0.25) is 0 Å². The number of nitrogens with two attached hydrogens (primary N) is 1. The molecule has 1 saturated carbocycles. The van der Waals surface area contributed by atoms with Gasteiger partial charge in [0.1, 0.15) is 5.82 Å². The Labute approximate surface area is 102 Å². The quantitative estimate of drug-likeness (QED) is 0.803. The van der Waals surface area contributed by atoms with Crippen molar-refractivity contribution < 1.29 is 0 Å². The molecule has 0 saturated heterocycles. The average Bonchev–Trinajstić information content (AvgIpc) is 2.86. The molecule has 1 aromatic heterocycles. The molecular weight excluding hydrogens is 210 g/mol. The lowest BCUT2D eigenvalue weighted by Gasteiger charge is -2.10. The summed E-state index contributed by atoms with van der Waals surface area (Å²) in [4.78, 5) is 4.75. The van der Waals surface area contributed by atoms with Crippen molar-refractivity contribution in [2.24, 2.45) is 5.92 Å². The minimum atomic E-state index is 0.455. The summed E-state index contributed by atoms with van der Waals surface area (Å²) in [6.07, 6.45) is 1.27. The molecule has 0 amide bonds. The maximum atomic E-state index is 5.83. The number of rotatable bonds is 2. The molecule has 3 rings (SSSR count). The second kappa shape index (κ2) is 3.49. The van der Waals surface area contributed by atoms with Gasteiger partial charge in [0.2, 0.25) is 0 Å². The Morgan fingerprint density at radius 3 is 2.71 bits per heavy atom. The van der Waals surface area contributed by atoms with Crippen LogP contribution in [0.25, 0.3) is 11.0 Å². The molecule has 1 aliphatic carbocycles. The van der Waals surface area contributed by atoms with E-state index in [4.69, 9.17) is 10.7 Å². The predicted molar refractivity (Wildman–Crippen MR) is 71.1 cm³/mol. The highest BCUT2D eigenvalue weighted by molar-refractivity contribution is 5.80. The molecule has 1 aromatic carbocycles. The number of fused-ring (bicyclic) bond motifs is 1. The monoisotopic (exact) mass is 229 g/mol. The second-order valence-corrected chi connectivity index (χ2v) is 5.52. The van der Waals surface area contributed by atoms with Crippen LogP contribution in [0.4, 0.5) is 5.69 Å². The number of benzene rings is 1. The maximum absolute atomic E-state index is 5.83. The van der Waals surface area contributed by atoms with Gasteiger partial charge < -0.3 is 10.3 Å². The number of anilines is 1. The number of hydrogen-bond acceptors (Lipinski definition) is 2. The largest absolute Gasteiger partial charge is 0.399 e. The van der Waals surface area contributed by atoms with Crippen LogP contribution in [0.5, 0.6) is 0 Å². The molecule has 1 heterocycles. The molecule has 1 fully saturated rings. The van der Waals surface area contributed by atoms with E-state index < -0.39 is 0 Å². The number of nitrogen functional groups attached to an aromatic ring is 1. The Bertz CT molecular complexity index is 568. The predicted octanol–water partition coefficient (Wildman–Crippen LogP) is 3.32. The number of hydrogen-bond donors (Lipinski definition) is 1. The van der Waals surface area contributed by atoms with E-state index >= 15 is 0 Å². The minimum Gasteiger partial charge on any atom is -0.399 e. The molecule has 2 atom stereocenters. The first-order valence-corrected chi connectivity index (χ1v) is 6.35. The van der Waals surface area contributed by atoms with Crippen molar-refractivity contribution in [2.45, 2.75) is 39.2 Å². The summed E-state index contributed by atoms with van der Waals surface area (Å²) in [5, 5.41) is 0. The Morgan fingerprint density at radius 1 is 1.41 bits per heavy atom. The summed E-state index contributed by atoms with van der Waals surface area (Å²) in [5.41, 5.74) is 8.89. The van der Waals surface area contributed by atoms with Crippen LogP contribution < -0.4 is 5.73 Å². The highest BCUT2D eigenvalue weighted by Crippen LogP contribution is 2.46. The molecule has 0 aliphatic heterocycles.